The molecule has 1 saturated heterocycles. The fourth-order valence-corrected chi connectivity index (χ4v) is 2.58. The largest absolute Gasteiger partial charge is 0.467 e. The first-order valence-corrected chi connectivity index (χ1v) is 6.37. The Kier molecular flexibility index (Phi) is 4.59. The summed E-state index contributed by atoms with van der Waals surface area (Å²) in [5.74, 6) is 0.652. The minimum atomic E-state index is -0.510. The highest BCUT2D eigenvalue weighted by atomic mass is 16.4. The Morgan fingerprint density at radius 2 is 2.41 bits per heavy atom. The van der Waals surface area contributed by atoms with E-state index in [9.17, 15) is 5.11 Å². The molecule has 1 aromatic heterocycles. The van der Waals surface area contributed by atoms with Gasteiger partial charge in [-0.25, -0.2) is 0 Å². The van der Waals surface area contributed by atoms with Crippen molar-refractivity contribution in [1.82, 2.24) is 4.90 Å². The molecule has 2 unspecified atom stereocenters. The van der Waals surface area contributed by atoms with Crippen molar-refractivity contribution in [2.75, 3.05) is 19.7 Å². The fourth-order valence-electron chi connectivity index (χ4n) is 2.58. The zero-order chi connectivity index (χ0) is 12.1. The maximum absolute atomic E-state index is 10.0. The number of furan rings is 1. The van der Waals surface area contributed by atoms with Crippen LogP contribution in [0.15, 0.2) is 22.8 Å². The SMILES string of the molecule is OCCCN1CCCC1CC(O)c1ccco1. The zero-order valence-corrected chi connectivity index (χ0v) is 10.1. The Morgan fingerprint density at radius 3 is 3.12 bits per heavy atom. The van der Waals surface area contributed by atoms with E-state index in [1.165, 1.54) is 6.42 Å². The van der Waals surface area contributed by atoms with Gasteiger partial charge >= 0.3 is 0 Å². The molecule has 1 fully saturated rings. The van der Waals surface area contributed by atoms with Gasteiger partial charge in [0.2, 0.25) is 0 Å². The molecule has 0 amide bonds. The minimum Gasteiger partial charge on any atom is -0.467 e. The van der Waals surface area contributed by atoms with Crippen LogP contribution in [0.5, 0.6) is 0 Å². The summed E-state index contributed by atoms with van der Waals surface area (Å²) < 4.78 is 5.21. The van der Waals surface area contributed by atoms with Gasteiger partial charge in [-0.3, -0.25) is 0 Å². The third-order valence-electron chi connectivity index (χ3n) is 3.47. The molecule has 2 rings (SSSR count). The number of hydrogen-bond donors (Lipinski definition) is 2. The number of nitrogens with zero attached hydrogens (tertiary/aromatic N) is 1. The lowest BCUT2D eigenvalue weighted by atomic mass is 10.1. The summed E-state index contributed by atoms with van der Waals surface area (Å²) in [7, 11) is 0. The van der Waals surface area contributed by atoms with Crippen molar-refractivity contribution in [2.24, 2.45) is 0 Å². The van der Waals surface area contributed by atoms with Crippen molar-refractivity contribution in [2.45, 2.75) is 37.8 Å². The standard InChI is InChI=1S/C13H21NO3/c15-8-3-7-14-6-1-4-11(14)10-12(16)13-5-2-9-17-13/h2,5,9,11-12,15-16H,1,3-4,6-8,10H2. The van der Waals surface area contributed by atoms with Crippen molar-refractivity contribution in [3.63, 3.8) is 0 Å². The summed E-state index contributed by atoms with van der Waals surface area (Å²) in [6, 6.07) is 4.04. The lowest BCUT2D eigenvalue weighted by Crippen LogP contribution is -2.32. The van der Waals surface area contributed by atoms with Crippen LogP contribution in [-0.4, -0.2) is 40.9 Å². The van der Waals surface area contributed by atoms with Gasteiger partial charge in [-0.15, -0.1) is 0 Å². The maximum Gasteiger partial charge on any atom is 0.132 e. The van der Waals surface area contributed by atoms with Crippen molar-refractivity contribution in [3.8, 4) is 0 Å². The predicted molar refractivity (Wildman–Crippen MR) is 64.6 cm³/mol. The van der Waals surface area contributed by atoms with Gasteiger partial charge in [-0.05, 0) is 44.4 Å². The van der Waals surface area contributed by atoms with Gasteiger partial charge in [0.05, 0.1) is 6.26 Å². The molecule has 4 heteroatoms. The number of likely N-dealkylation sites (tertiary alicyclic amines) is 1. The normalized spacial score (nSPS) is 23.1. The Labute approximate surface area is 102 Å². The van der Waals surface area contributed by atoms with Gasteiger partial charge in [0, 0.05) is 19.2 Å². The summed E-state index contributed by atoms with van der Waals surface area (Å²) in [4.78, 5) is 2.36. The van der Waals surface area contributed by atoms with Crippen LogP contribution in [0.3, 0.4) is 0 Å². The summed E-state index contributed by atoms with van der Waals surface area (Å²) in [6.45, 7) is 2.24. The van der Waals surface area contributed by atoms with Crippen molar-refractivity contribution < 1.29 is 14.6 Å². The van der Waals surface area contributed by atoms with Crippen LogP contribution in [0.2, 0.25) is 0 Å². The van der Waals surface area contributed by atoms with Gasteiger partial charge < -0.3 is 19.5 Å². The van der Waals surface area contributed by atoms with Gasteiger partial charge in [0.25, 0.3) is 0 Å². The second kappa shape index (κ2) is 6.19. The average Bonchev–Trinajstić information content (AvgIpc) is 2.97. The molecule has 2 atom stereocenters. The first kappa shape index (κ1) is 12.6. The number of aliphatic hydroxyl groups is 2. The summed E-state index contributed by atoms with van der Waals surface area (Å²) in [5, 5.41) is 18.9. The van der Waals surface area contributed by atoms with Crippen molar-refractivity contribution in [1.29, 1.82) is 0 Å². The highest BCUT2D eigenvalue weighted by molar-refractivity contribution is 5.02. The van der Waals surface area contributed by atoms with E-state index in [0.29, 0.717) is 11.8 Å². The van der Waals surface area contributed by atoms with Crippen molar-refractivity contribution >= 4 is 0 Å². The molecule has 0 aromatic carbocycles. The lowest BCUT2D eigenvalue weighted by molar-refractivity contribution is 0.0992. The van der Waals surface area contributed by atoms with E-state index >= 15 is 0 Å². The molecule has 0 spiro atoms. The number of hydrogen-bond acceptors (Lipinski definition) is 4. The second-order valence-electron chi connectivity index (χ2n) is 4.68. The molecule has 1 aliphatic rings. The van der Waals surface area contributed by atoms with Gasteiger partial charge in [-0.2, -0.15) is 0 Å². The predicted octanol–water partition coefficient (Wildman–Crippen LogP) is 1.55. The quantitative estimate of drug-likeness (QED) is 0.791. The van der Waals surface area contributed by atoms with Crippen LogP contribution in [-0.2, 0) is 0 Å². The van der Waals surface area contributed by atoms with Gasteiger partial charge in [-0.1, -0.05) is 0 Å². The summed E-state index contributed by atoms with van der Waals surface area (Å²) in [5.41, 5.74) is 0. The van der Waals surface area contributed by atoms with E-state index in [-0.39, 0.29) is 6.61 Å². The van der Waals surface area contributed by atoms with E-state index in [0.717, 1.165) is 32.4 Å². The maximum atomic E-state index is 10.0. The second-order valence-corrected chi connectivity index (χ2v) is 4.68. The summed E-state index contributed by atoms with van der Waals surface area (Å²) >= 11 is 0. The van der Waals surface area contributed by atoms with Crippen molar-refractivity contribution in [3.05, 3.63) is 24.2 Å². The van der Waals surface area contributed by atoms with Crippen LogP contribution in [0.1, 0.15) is 37.5 Å². The fraction of sp³-hybridized carbons (Fsp3) is 0.692. The molecule has 2 heterocycles. The zero-order valence-electron chi connectivity index (χ0n) is 10.1. The first-order valence-electron chi connectivity index (χ1n) is 6.37. The Bertz CT molecular complexity index is 312. The molecular formula is C13H21NO3. The molecule has 96 valence electrons. The molecule has 0 bridgehead atoms. The molecular weight excluding hydrogens is 218 g/mol. The first-order chi connectivity index (χ1) is 8.31. The van der Waals surface area contributed by atoms with E-state index in [1.807, 2.05) is 6.07 Å². The number of rotatable bonds is 6. The molecule has 0 aliphatic carbocycles. The third kappa shape index (κ3) is 3.31. The summed E-state index contributed by atoms with van der Waals surface area (Å²) in [6.07, 6.45) is 4.93. The molecule has 0 radical (unpaired) electrons. The smallest absolute Gasteiger partial charge is 0.132 e. The molecule has 2 N–H and O–H groups in total. The van der Waals surface area contributed by atoms with E-state index < -0.39 is 6.10 Å². The topological polar surface area (TPSA) is 56.8 Å². The van der Waals surface area contributed by atoms with Crippen LogP contribution < -0.4 is 0 Å². The van der Waals surface area contributed by atoms with Crippen LogP contribution in [0.25, 0.3) is 0 Å². The molecule has 1 aliphatic heterocycles. The Balaban J connectivity index is 1.84. The van der Waals surface area contributed by atoms with E-state index in [4.69, 9.17) is 9.52 Å². The van der Waals surface area contributed by atoms with Crippen LogP contribution >= 0.6 is 0 Å². The molecule has 0 saturated carbocycles. The highest BCUT2D eigenvalue weighted by Crippen LogP contribution is 2.27. The van der Waals surface area contributed by atoms with Gasteiger partial charge in [0.15, 0.2) is 0 Å². The monoisotopic (exact) mass is 239 g/mol. The lowest BCUT2D eigenvalue weighted by Gasteiger charge is -2.25. The van der Waals surface area contributed by atoms with Crippen LogP contribution in [0, 0.1) is 0 Å². The molecule has 4 nitrogen and oxygen atoms in total. The third-order valence-corrected chi connectivity index (χ3v) is 3.47. The molecule has 17 heavy (non-hydrogen) atoms. The number of aliphatic hydroxyl groups excluding tert-OH is 2. The van der Waals surface area contributed by atoms with E-state index in [2.05, 4.69) is 4.90 Å². The van der Waals surface area contributed by atoms with E-state index in [1.54, 1.807) is 12.3 Å². The Hall–Kier alpha value is -0.840. The highest BCUT2D eigenvalue weighted by Gasteiger charge is 2.27. The Morgan fingerprint density at radius 1 is 1.53 bits per heavy atom. The minimum absolute atomic E-state index is 0.240. The molecule has 1 aromatic rings. The van der Waals surface area contributed by atoms with Crippen LogP contribution in [0.4, 0.5) is 0 Å². The average molecular weight is 239 g/mol. The van der Waals surface area contributed by atoms with Gasteiger partial charge in [0.1, 0.15) is 11.9 Å².